The van der Waals surface area contributed by atoms with Crippen LogP contribution in [0.25, 0.3) is 0 Å². The van der Waals surface area contributed by atoms with Crippen molar-refractivity contribution in [3.05, 3.63) is 0 Å². The van der Waals surface area contributed by atoms with E-state index in [2.05, 4.69) is 60.3 Å². The predicted molar refractivity (Wildman–Crippen MR) is 55.9 cm³/mol. The van der Waals surface area contributed by atoms with Crippen molar-refractivity contribution >= 4 is 58.3 Å². The number of thiocarbonyl (C=S) groups is 2. The summed E-state index contributed by atoms with van der Waals surface area (Å²) in [5.41, 5.74) is 0. The third-order valence-electron chi connectivity index (χ3n) is 0.664. The summed E-state index contributed by atoms with van der Waals surface area (Å²) in [5.74, 6) is 0. The minimum atomic E-state index is 0. The molecule has 0 bridgehead atoms. The van der Waals surface area contributed by atoms with E-state index in [0.29, 0.717) is 21.7 Å². The molecule has 0 aliphatic carbocycles. The molecule has 0 heterocycles. The van der Waals surface area contributed by atoms with Gasteiger partial charge in [-0.15, -0.1) is 0 Å². The van der Waals surface area contributed by atoms with Gasteiger partial charge >= 0.3 is 16.8 Å². The van der Waals surface area contributed by atoms with Gasteiger partial charge in [-0.2, -0.15) is 0 Å². The minimum absolute atomic E-state index is 0. The summed E-state index contributed by atoms with van der Waals surface area (Å²) in [6.45, 7) is 1.33. The van der Waals surface area contributed by atoms with Crippen molar-refractivity contribution in [3.8, 4) is 0 Å². The van der Waals surface area contributed by atoms with Crippen LogP contribution in [0.15, 0.2) is 0 Å². The fourth-order valence-corrected chi connectivity index (χ4v) is 0.737. The van der Waals surface area contributed by atoms with Crippen LogP contribution in [0.3, 0.4) is 0 Å². The van der Waals surface area contributed by atoms with E-state index in [-0.39, 0.29) is 16.8 Å². The Balaban J connectivity index is 0. The molecule has 0 fully saturated rings. The first kappa shape index (κ1) is 14.3. The Labute approximate surface area is 98.3 Å². The van der Waals surface area contributed by atoms with Gasteiger partial charge in [0, 0.05) is 13.1 Å². The second-order valence-corrected chi connectivity index (χ2v) is 3.58. The molecule has 0 rings (SSSR count). The standard InChI is InChI=1S/C4H8N2S4.Co/c7-3(8)5-1-2-6-4(9)10;/h1-2H2,(H2,5,7,8)(H2,6,9,10);/q;+2/p-2. The molecular formula is C4H6CoN2S4. The second-order valence-electron chi connectivity index (χ2n) is 1.43. The van der Waals surface area contributed by atoms with Crippen molar-refractivity contribution in [3.63, 3.8) is 0 Å². The third kappa shape index (κ3) is 13.7. The van der Waals surface area contributed by atoms with Crippen LogP contribution >= 0.6 is 24.4 Å². The van der Waals surface area contributed by atoms with E-state index in [1.807, 2.05) is 0 Å². The summed E-state index contributed by atoms with van der Waals surface area (Å²) < 4.78 is 0.745. The molecule has 0 saturated carbocycles. The molecule has 0 atom stereocenters. The van der Waals surface area contributed by atoms with Crippen molar-refractivity contribution in [1.82, 2.24) is 10.6 Å². The van der Waals surface area contributed by atoms with Gasteiger partial charge in [-0.05, 0) is 0 Å². The maximum atomic E-state index is 4.59. The molecule has 0 aliphatic heterocycles. The van der Waals surface area contributed by atoms with Crippen molar-refractivity contribution in [2.45, 2.75) is 0 Å². The van der Waals surface area contributed by atoms with E-state index in [9.17, 15) is 0 Å². The number of hydrogen-bond donors (Lipinski definition) is 2. The van der Waals surface area contributed by atoms with E-state index < -0.39 is 0 Å². The van der Waals surface area contributed by atoms with Gasteiger partial charge in [0.15, 0.2) is 0 Å². The molecule has 7 heteroatoms. The topological polar surface area (TPSA) is 24.1 Å². The van der Waals surface area contributed by atoms with Gasteiger partial charge in [0.2, 0.25) is 0 Å². The van der Waals surface area contributed by atoms with Gasteiger partial charge in [-0.1, -0.05) is 8.64 Å². The fraction of sp³-hybridized carbons (Fsp3) is 0.500. The third-order valence-corrected chi connectivity index (χ3v) is 1.24. The fourth-order valence-electron chi connectivity index (χ4n) is 0.329. The first-order chi connectivity index (χ1) is 4.63. The Morgan fingerprint density at radius 1 is 1.00 bits per heavy atom. The summed E-state index contributed by atoms with van der Waals surface area (Å²) in [5, 5.41) is 5.56. The van der Waals surface area contributed by atoms with Gasteiger partial charge in [-0.25, -0.2) is 0 Å². The zero-order valence-corrected chi connectivity index (χ0v) is 9.69. The smallest absolute Gasteiger partial charge is 0.412 e. The average molecular weight is 269 g/mol. The van der Waals surface area contributed by atoms with Gasteiger partial charge in [0.25, 0.3) is 0 Å². The van der Waals surface area contributed by atoms with Crippen LogP contribution in [0.1, 0.15) is 0 Å². The monoisotopic (exact) mass is 269 g/mol. The van der Waals surface area contributed by atoms with Crippen molar-refractivity contribution in [2.24, 2.45) is 0 Å². The summed E-state index contributed by atoms with van der Waals surface area (Å²) in [7, 11) is 0. The van der Waals surface area contributed by atoms with E-state index in [0.717, 1.165) is 0 Å². The average Bonchev–Trinajstić information content (AvgIpc) is 1.79. The molecule has 0 amide bonds. The van der Waals surface area contributed by atoms with Gasteiger partial charge in [-0.3, -0.25) is 0 Å². The van der Waals surface area contributed by atoms with Crippen LogP contribution in [0.2, 0.25) is 0 Å². The number of nitrogens with one attached hydrogen (secondary N) is 2. The Morgan fingerprint density at radius 2 is 1.27 bits per heavy atom. The Kier molecular flexibility index (Phi) is 11.4. The first-order valence-corrected chi connectivity index (χ1v) is 4.16. The molecule has 0 saturated heterocycles. The van der Waals surface area contributed by atoms with Crippen molar-refractivity contribution < 1.29 is 16.8 Å². The summed E-state index contributed by atoms with van der Waals surface area (Å²) in [6, 6.07) is 0. The summed E-state index contributed by atoms with van der Waals surface area (Å²) >= 11 is 18.4. The van der Waals surface area contributed by atoms with Crippen LogP contribution in [-0.2, 0) is 42.0 Å². The molecule has 0 aromatic heterocycles. The molecule has 1 radical (unpaired) electrons. The number of rotatable bonds is 3. The summed E-state index contributed by atoms with van der Waals surface area (Å²) in [6.07, 6.45) is 0. The Morgan fingerprint density at radius 3 is 1.45 bits per heavy atom. The molecule has 2 N–H and O–H groups in total. The van der Waals surface area contributed by atoms with Gasteiger partial charge < -0.3 is 60.3 Å². The molecule has 0 aromatic rings. The Bertz CT molecular complexity index is 124. The quantitative estimate of drug-likeness (QED) is 0.419. The van der Waals surface area contributed by atoms with E-state index in [1.165, 1.54) is 0 Å². The second kappa shape index (κ2) is 8.82. The molecule has 0 unspecified atom stereocenters. The molecule has 2 nitrogen and oxygen atoms in total. The molecule has 11 heavy (non-hydrogen) atoms. The summed E-state index contributed by atoms with van der Waals surface area (Å²) in [4.78, 5) is 0. The van der Waals surface area contributed by atoms with Crippen LogP contribution in [-0.4, -0.2) is 21.7 Å². The Hall–Kier alpha value is 0.726. The molecule has 0 aliphatic rings. The van der Waals surface area contributed by atoms with Crippen molar-refractivity contribution in [2.75, 3.05) is 13.1 Å². The molecule has 65 valence electrons. The predicted octanol–water partition coefficient (Wildman–Crippen LogP) is -0.173. The van der Waals surface area contributed by atoms with E-state index in [4.69, 9.17) is 0 Å². The normalized spacial score (nSPS) is 7.64. The van der Waals surface area contributed by atoms with Gasteiger partial charge in [0.05, 0.1) is 0 Å². The molecule has 0 aromatic carbocycles. The van der Waals surface area contributed by atoms with Crippen LogP contribution < -0.4 is 10.6 Å². The SMILES string of the molecule is S=C([S-])NCCNC(=S)[S-].[Co+2]. The van der Waals surface area contributed by atoms with Gasteiger partial charge in [0.1, 0.15) is 0 Å². The van der Waals surface area contributed by atoms with Crippen LogP contribution in [0, 0.1) is 0 Å². The van der Waals surface area contributed by atoms with Crippen molar-refractivity contribution in [1.29, 1.82) is 0 Å². The number of hydrogen-bond acceptors (Lipinski definition) is 4. The molecular weight excluding hydrogens is 263 g/mol. The zero-order valence-electron chi connectivity index (χ0n) is 5.38. The minimum Gasteiger partial charge on any atom is -0.412 e. The van der Waals surface area contributed by atoms with E-state index >= 15 is 0 Å². The maximum absolute atomic E-state index is 4.59. The van der Waals surface area contributed by atoms with E-state index in [1.54, 1.807) is 0 Å². The zero-order chi connectivity index (χ0) is 7.98. The van der Waals surface area contributed by atoms with Crippen LogP contribution in [0.5, 0.6) is 0 Å². The maximum Gasteiger partial charge on any atom is 2.00 e. The van der Waals surface area contributed by atoms with Crippen LogP contribution in [0.4, 0.5) is 0 Å². The first-order valence-electron chi connectivity index (χ1n) is 2.52. The largest absolute Gasteiger partial charge is 2.00 e. The molecule has 0 spiro atoms.